The summed E-state index contributed by atoms with van der Waals surface area (Å²) in [6, 6.07) is 3.52. The minimum atomic E-state index is -1.30. The molecular formula is C19H28N2O4. The number of aliphatic hydroxyl groups excluding tert-OH is 1. The van der Waals surface area contributed by atoms with Crippen molar-refractivity contribution in [3.8, 4) is 0 Å². The average molecular weight is 348 g/mol. The predicted octanol–water partition coefficient (Wildman–Crippen LogP) is 2.41. The molecule has 0 spiro atoms. The summed E-state index contributed by atoms with van der Waals surface area (Å²) in [7, 11) is 0. The number of aromatic nitrogens is 1. The molecule has 0 aliphatic carbocycles. The monoisotopic (exact) mass is 348 g/mol. The van der Waals surface area contributed by atoms with Crippen LogP contribution in [0.15, 0.2) is 12.1 Å². The molecular weight excluding hydrogens is 320 g/mol. The number of pyridine rings is 1. The highest BCUT2D eigenvalue weighted by molar-refractivity contribution is 5.95. The Bertz CT molecular complexity index is 659. The molecule has 1 fully saturated rings. The zero-order chi connectivity index (χ0) is 18.8. The van der Waals surface area contributed by atoms with Crippen molar-refractivity contribution in [3.05, 3.63) is 29.1 Å². The second kappa shape index (κ2) is 7.52. The Hall–Kier alpha value is -1.95. The van der Waals surface area contributed by atoms with E-state index in [0.717, 1.165) is 5.69 Å². The highest BCUT2D eigenvalue weighted by Crippen LogP contribution is 2.37. The van der Waals surface area contributed by atoms with Crippen molar-refractivity contribution in [3.63, 3.8) is 0 Å². The summed E-state index contributed by atoms with van der Waals surface area (Å²) in [6.07, 6.45) is 0.381. The summed E-state index contributed by atoms with van der Waals surface area (Å²) in [5.74, 6) is -0.915. The summed E-state index contributed by atoms with van der Waals surface area (Å²) in [6.45, 7) is 8.07. The first-order valence-electron chi connectivity index (χ1n) is 8.82. The van der Waals surface area contributed by atoms with Crippen molar-refractivity contribution >= 4 is 11.9 Å². The lowest BCUT2D eigenvalue weighted by Crippen LogP contribution is -2.57. The number of aliphatic carboxylic acids is 1. The van der Waals surface area contributed by atoms with Crippen LogP contribution in [0.1, 0.15) is 54.9 Å². The van der Waals surface area contributed by atoms with E-state index in [9.17, 15) is 19.8 Å². The molecule has 2 atom stereocenters. The quantitative estimate of drug-likeness (QED) is 0.853. The lowest BCUT2D eigenvalue weighted by atomic mass is 9.72. The van der Waals surface area contributed by atoms with Crippen LogP contribution in [0.4, 0.5) is 0 Å². The first-order valence-corrected chi connectivity index (χ1v) is 8.82. The minimum Gasteiger partial charge on any atom is -0.481 e. The standard InChI is InChI=1S/C19H28N2O4/c1-12(2)7-9-19(18(24)25)11-21(10-8-16(19)22)17(23)15-6-5-13(3)20-14(15)4/h5-6,12,16,22H,7-11H2,1-4H3,(H,24,25)/t16-,19-/m1/s1. The molecule has 1 saturated heterocycles. The van der Waals surface area contributed by atoms with Crippen LogP contribution in [0.2, 0.25) is 0 Å². The number of carboxylic acid groups (broad SMARTS) is 1. The number of hydrogen-bond donors (Lipinski definition) is 2. The van der Waals surface area contributed by atoms with Crippen molar-refractivity contribution in [1.29, 1.82) is 0 Å². The van der Waals surface area contributed by atoms with Gasteiger partial charge in [-0.05, 0) is 51.2 Å². The third-order valence-corrected chi connectivity index (χ3v) is 5.12. The molecule has 2 heterocycles. The van der Waals surface area contributed by atoms with Gasteiger partial charge in [0.05, 0.1) is 17.4 Å². The third kappa shape index (κ3) is 4.00. The molecule has 6 nitrogen and oxygen atoms in total. The largest absolute Gasteiger partial charge is 0.481 e. The Morgan fingerprint density at radius 3 is 2.60 bits per heavy atom. The van der Waals surface area contributed by atoms with Crippen LogP contribution in [0.5, 0.6) is 0 Å². The lowest BCUT2D eigenvalue weighted by molar-refractivity contribution is -0.163. The molecule has 2 N–H and O–H groups in total. The van der Waals surface area contributed by atoms with E-state index in [-0.39, 0.29) is 18.9 Å². The van der Waals surface area contributed by atoms with E-state index >= 15 is 0 Å². The Balaban J connectivity index is 2.28. The van der Waals surface area contributed by atoms with Crippen molar-refractivity contribution in [1.82, 2.24) is 9.88 Å². The summed E-state index contributed by atoms with van der Waals surface area (Å²) in [5, 5.41) is 20.3. The van der Waals surface area contributed by atoms with Gasteiger partial charge in [-0.15, -0.1) is 0 Å². The van der Waals surface area contributed by atoms with Crippen molar-refractivity contribution < 1.29 is 19.8 Å². The number of likely N-dealkylation sites (tertiary alicyclic amines) is 1. The van der Waals surface area contributed by atoms with E-state index in [1.165, 1.54) is 0 Å². The van der Waals surface area contributed by atoms with Crippen molar-refractivity contribution in [2.45, 2.75) is 53.1 Å². The smallest absolute Gasteiger partial charge is 0.314 e. The molecule has 6 heteroatoms. The first kappa shape index (κ1) is 19.4. The van der Waals surface area contributed by atoms with E-state index in [1.54, 1.807) is 24.0 Å². The van der Waals surface area contributed by atoms with Gasteiger partial charge in [0.25, 0.3) is 5.91 Å². The molecule has 0 unspecified atom stereocenters. The maximum Gasteiger partial charge on any atom is 0.314 e. The summed E-state index contributed by atoms with van der Waals surface area (Å²) in [5.41, 5.74) is 0.661. The van der Waals surface area contributed by atoms with Gasteiger partial charge < -0.3 is 15.1 Å². The Labute approximate surface area is 148 Å². The predicted molar refractivity (Wildman–Crippen MR) is 94.4 cm³/mol. The number of rotatable bonds is 5. The molecule has 2 rings (SSSR count). The van der Waals surface area contributed by atoms with Gasteiger partial charge in [-0.25, -0.2) is 0 Å². The topological polar surface area (TPSA) is 90.7 Å². The van der Waals surface area contributed by atoms with E-state index < -0.39 is 17.5 Å². The van der Waals surface area contributed by atoms with Crippen LogP contribution in [-0.4, -0.2) is 51.2 Å². The number of hydrogen-bond acceptors (Lipinski definition) is 4. The third-order valence-electron chi connectivity index (χ3n) is 5.12. The zero-order valence-electron chi connectivity index (χ0n) is 15.5. The number of carbonyl (C=O) groups excluding carboxylic acids is 1. The van der Waals surface area contributed by atoms with Gasteiger partial charge in [0, 0.05) is 18.8 Å². The van der Waals surface area contributed by atoms with Gasteiger partial charge in [-0.2, -0.15) is 0 Å². The van der Waals surface area contributed by atoms with Crippen LogP contribution in [0, 0.1) is 25.2 Å². The highest BCUT2D eigenvalue weighted by atomic mass is 16.4. The van der Waals surface area contributed by atoms with Gasteiger partial charge in [0.15, 0.2) is 0 Å². The summed E-state index contributed by atoms with van der Waals surface area (Å²) < 4.78 is 0. The van der Waals surface area contributed by atoms with Gasteiger partial charge in [-0.3, -0.25) is 14.6 Å². The van der Waals surface area contributed by atoms with Crippen LogP contribution < -0.4 is 0 Å². The van der Waals surface area contributed by atoms with Crippen LogP contribution in [0.3, 0.4) is 0 Å². The average Bonchev–Trinajstić information content (AvgIpc) is 2.53. The molecule has 1 aliphatic heterocycles. The zero-order valence-corrected chi connectivity index (χ0v) is 15.5. The fraction of sp³-hybridized carbons (Fsp3) is 0.632. The number of piperidine rings is 1. The van der Waals surface area contributed by atoms with Gasteiger partial charge >= 0.3 is 5.97 Å². The summed E-state index contributed by atoms with van der Waals surface area (Å²) >= 11 is 0. The fourth-order valence-corrected chi connectivity index (χ4v) is 3.44. The molecule has 1 aliphatic rings. The number of carboxylic acids is 1. The molecule has 138 valence electrons. The number of aliphatic hydroxyl groups is 1. The number of nitrogens with zero attached hydrogens (tertiary/aromatic N) is 2. The van der Waals surface area contributed by atoms with Crippen LogP contribution in [0.25, 0.3) is 0 Å². The Morgan fingerprint density at radius 1 is 1.36 bits per heavy atom. The molecule has 0 aromatic carbocycles. The highest BCUT2D eigenvalue weighted by Gasteiger charge is 2.49. The number of aryl methyl sites for hydroxylation is 2. The molecule has 1 aromatic rings. The van der Waals surface area contributed by atoms with Gasteiger partial charge in [-0.1, -0.05) is 13.8 Å². The first-order chi connectivity index (χ1) is 11.7. The maximum atomic E-state index is 12.9. The van der Waals surface area contributed by atoms with Crippen LogP contribution in [-0.2, 0) is 4.79 Å². The number of amides is 1. The van der Waals surface area contributed by atoms with Crippen molar-refractivity contribution in [2.24, 2.45) is 11.3 Å². The molecule has 1 amide bonds. The number of carbonyl (C=O) groups is 2. The van der Waals surface area contributed by atoms with Gasteiger partial charge in [0.2, 0.25) is 0 Å². The van der Waals surface area contributed by atoms with Gasteiger partial charge in [0.1, 0.15) is 5.41 Å². The van der Waals surface area contributed by atoms with E-state index in [4.69, 9.17) is 0 Å². The molecule has 1 aromatic heterocycles. The van der Waals surface area contributed by atoms with Crippen LogP contribution >= 0.6 is 0 Å². The summed E-state index contributed by atoms with van der Waals surface area (Å²) in [4.78, 5) is 30.8. The normalized spacial score (nSPS) is 23.8. The van der Waals surface area contributed by atoms with Crippen molar-refractivity contribution in [2.75, 3.05) is 13.1 Å². The van der Waals surface area contributed by atoms with E-state index in [0.29, 0.717) is 36.6 Å². The lowest BCUT2D eigenvalue weighted by Gasteiger charge is -2.43. The SMILES string of the molecule is Cc1ccc(C(=O)N2CC[C@@H](O)[C@](CCC(C)C)(C(=O)O)C2)c(C)n1. The maximum absolute atomic E-state index is 12.9. The molecule has 0 radical (unpaired) electrons. The fourth-order valence-electron chi connectivity index (χ4n) is 3.44. The molecule has 0 bridgehead atoms. The molecule has 25 heavy (non-hydrogen) atoms. The minimum absolute atomic E-state index is 0.0301. The second-order valence-electron chi connectivity index (χ2n) is 7.51. The Morgan fingerprint density at radius 2 is 2.04 bits per heavy atom. The van der Waals surface area contributed by atoms with E-state index in [1.807, 2.05) is 20.8 Å². The molecule has 0 saturated carbocycles. The second-order valence-corrected chi connectivity index (χ2v) is 7.51. The Kier molecular flexibility index (Phi) is 5.83. The van der Waals surface area contributed by atoms with E-state index in [2.05, 4.69) is 4.98 Å².